The van der Waals surface area contributed by atoms with Crippen molar-refractivity contribution in [2.75, 3.05) is 6.61 Å². The Morgan fingerprint density at radius 1 is 1.25 bits per heavy atom. The molecule has 134 valence electrons. The van der Waals surface area contributed by atoms with Crippen LogP contribution in [0.15, 0.2) is 24.3 Å². The molecule has 0 saturated heterocycles. The molecule has 1 aromatic carbocycles. The van der Waals surface area contributed by atoms with Gasteiger partial charge in [0.25, 0.3) is 0 Å². The number of aliphatic hydroxyl groups is 1. The van der Waals surface area contributed by atoms with Crippen LogP contribution in [0.3, 0.4) is 0 Å². The molecule has 3 N–H and O–H groups in total. The Kier molecular flexibility index (Phi) is 6.10. The first-order valence-electron chi connectivity index (χ1n) is 8.15. The van der Waals surface area contributed by atoms with E-state index in [0.717, 1.165) is 31.7 Å². The lowest BCUT2D eigenvalue weighted by molar-refractivity contribution is -0.138. The molecule has 24 heavy (non-hydrogen) atoms. The number of aliphatic hydroxyl groups excluding tert-OH is 1. The minimum atomic E-state index is -4.45. The molecule has 0 heterocycles. The van der Waals surface area contributed by atoms with Gasteiger partial charge >= 0.3 is 12.2 Å². The number of benzene rings is 1. The summed E-state index contributed by atoms with van der Waals surface area (Å²) in [5.41, 5.74) is -0.689. The number of carbonyl (C=O) groups is 1. The van der Waals surface area contributed by atoms with Crippen LogP contribution in [0, 0.1) is 5.92 Å². The van der Waals surface area contributed by atoms with Gasteiger partial charge in [-0.15, -0.1) is 0 Å². The van der Waals surface area contributed by atoms with Crippen LogP contribution in [0.25, 0.3) is 0 Å². The number of halogens is 3. The first-order chi connectivity index (χ1) is 11.3. The fraction of sp³-hybridized carbons (Fsp3) is 0.588. The summed E-state index contributed by atoms with van der Waals surface area (Å²) >= 11 is 0. The summed E-state index contributed by atoms with van der Waals surface area (Å²) < 4.78 is 39.1. The van der Waals surface area contributed by atoms with Gasteiger partial charge in [0.15, 0.2) is 0 Å². The Labute approximate surface area is 139 Å². The van der Waals surface area contributed by atoms with Crippen molar-refractivity contribution in [2.24, 2.45) is 5.92 Å². The van der Waals surface area contributed by atoms with Crippen LogP contribution < -0.4 is 10.6 Å². The Bertz CT molecular complexity index is 555. The van der Waals surface area contributed by atoms with Gasteiger partial charge in [-0.3, -0.25) is 0 Å². The molecule has 2 amide bonds. The Hall–Kier alpha value is -1.76. The zero-order valence-electron chi connectivity index (χ0n) is 13.6. The number of hydrogen-bond donors (Lipinski definition) is 3. The van der Waals surface area contributed by atoms with E-state index in [-0.39, 0.29) is 24.1 Å². The number of rotatable bonds is 4. The highest BCUT2D eigenvalue weighted by Crippen LogP contribution is 2.34. The zero-order chi connectivity index (χ0) is 17.7. The van der Waals surface area contributed by atoms with Gasteiger partial charge in [-0.1, -0.05) is 18.2 Å². The standard InChI is InChI=1S/C17H23F3N2O2/c1-11(14-4-2-3-5-15(14)17(18,19)20)21-16(24)22-13-8-6-12(10-23)7-9-13/h2-5,11-13,23H,6-10H2,1H3,(H2,21,22,24). The molecule has 0 radical (unpaired) electrons. The molecule has 0 bridgehead atoms. The molecule has 4 nitrogen and oxygen atoms in total. The van der Waals surface area contributed by atoms with Crippen LogP contribution in [-0.4, -0.2) is 23.8 Å². The molecule has 1 saturated carbocycles. The summed E-state index contributed by atoms with van der Waals surface area (Å²) in [5, 5.41) is 14.5. The van der Waals surface area contributed by atoms with E-state index in [4.69, 9.17) is 5.11 Å². The maximum Gasteiger partial charge on any atom is 0.416 e. The lowest BCUT2D eigenvalue weighted by Crippen LogP contribution is -2.44. The molecule has 7 heteroatoms. The van der Waals surface area contributed by atoms with Gasteiger partial charge in [0, 0.05) is 12.6 Å². The van der Waals surface area contributed by atoms with Crippen LogP contribution in [0.5, 0.6) is 0 Å². The predicted molar refractivity (Wildman–Crippen MR) is 84.4 cm³/mol. The summed E-state index contributed by atoms with van der Waals surface area (Å²) in [6.45, 7) is 1.69. The van der Waals surface area contributed by atoms with Crippen molar-refractivity contribution >= 4 is 6.03 Å². The van der Waals surface area contributed by atoms with Crippen molar-refractivity contribution in [3.05, 3.63) is 35.4 Å². The fourth-order valence-electron chi connectivity index (χ4n) is 3.12. The Morgan fingerprint density at radius 3 is 2.46 bits per heavy atom. The molecule has 0 aromatic heterocycles. The van der Waals surface area contributed by atoms with Crippen molar-refractivity contribution in [1.82, 2.24) is 10.6 Å². The summed E-state index contributed by atoms with van der Waals surface area (Å²) in [6, 6.07) is 4.03. The molecule has 1 fully saturated rings. The molecular weight excluding hydrogens is 321 g/mol. The first-order valence-corrected chi connectivity index (χ1v) is 8.15. The van der Waals surface area contributed by atoms with E-state index in [1.54, 1.807) is 0 Å². The van der Waals surface area contributed by atoms with Crippen molar-refractivity contribution in [3.63, 3.8) is 0 Å². The average Bonchev–Trinajstić information content (AvgIpc) is 2.54. The van der Waals surface area contributed by atoms with Crippen molar-refractivity contribution < 1.29 is 23.1 Å². The smallest absolute Gasteiger partial charge is 0.396 e. The number of amides is 2. The summed E-state index contributed by atoms with van der Waals surface area (Å²) in [6.07, 6.45) is -1.23. The van der Waals surface area contributed by atoms with E-state index in [9.17, 15) is 18.0 Å². The monoisotopic (exact) mass is 344 g/mol. The second-order valence-corrected chi connectivity index (χ2v) is 6.32. The van der Waals surface area contributed by atoms with Crippen LogP contribution in [0.1, 0.15) is 49.8 Å². The highest BCUT2D eigenvalue weighted by molar-refractivity contribution is 5.74. The highest BCUT2D eigenvalue weighted by atomic mass is 19.4. The van der Waals surface area contributed by atoms with Crippen LogP contribution in [0.2, 0.25) is 0 Å². The molecule has 0 aliphatic heterocycles. The van der Waals surface area contributed by atoms with E-state index >= 15 is 0 Å². The van der Waals surface area contributed by atoms with Gasteiger partial charge in [-0.2, -0.15) is 13.2 Å². The topological polar surface area (TPSA) is 61.4 Å². The minimum Gasteiger partial charge on any atom is -0.396 e. The average molecular weight is 344 g/mol. The van der Waals surface area contributed by atoms with Crippen LogP contribution >= 0.6 is 0 Å². The lowest BCUT2D eigenvalue weighted by Gasteiger charge is -2.28. The summed E-state index contributed by atoms with van der Waals surface area (Å²) in [7, 11) is 0. The number of alkyl halides is 3. The summed E-state index contributed by atoms with van der Waals surface area (Å²) in [5.74, 6) is 0.281. The number of carbonyl (C=O) groups excluding carboxylic acids is 1. The molecule has 0 spiro atoms. The van der Waals surface area contributed by atoms with E-state index in [1.807, 2.05) is 0 Å². The maximum absolute atomic E-state index is 13.0. The van der Waals surface area contributed by atoms with Crippen molar-refractivity contribution in [3.8, 4) is 0 Å². The SMILES string of the molecule is CC(NC(=O)NC1CCC(CO)CC1)c1ccccc1C(F)(F)F. The second-order valence-electron chi connectivity index (χ2n) is 6.32. The molecule has 1 aliphatic carbocycles. The molecule has 1 unspecified atom stereocenters. The number of hydrogen-bond acceptors (Lipinski definition) is 2. The lowest BCUT2D eigenvalue weighted by atomic mass is 9.87. The van der Waals surface area contributed by atoms with Gasteiger partial charge in [-0.05, 0) is 50.2 Å². The molecular formula is C17H23F3N2O2. The first kappa shape index (κ1) is 18.6. The molecule has 1 aromatic rings. The van der Waals surface area contributed by atoms with Gasteiger partial charge in [-0.25, -0.2) is 4.79 Å². The van der Waals surface area contributed by atoms with Gasteiger partial charge in [0.2, 0.25) is 0 Å². The van der Waals surface area contributed by atoms with Gasteiger partial charge < -0.3 is 15.7 Å². The minimum absolute atomic E-state index is 0.00198. The summed E-state index contributed by atoms with van der Waals surface area (Å²) in [4.78, 5) is 12.1. The molecule has 1 atom stereocenters. The van der Waals surface area contributed by atoms with Crippen molar-refractivity contribution in [1.29, 1.82) is 0 Å². The normalized spacial score (nSPS) is 22.7. The third-order valence-corrected chi connectivity index (χ3v) is 4.52. The quantitative estimate of drug-likeness (QED) is 0.781. The van der Waals surface area contributed by atoms with Gasteiger partial charge in [0.1, 0.15) is 0 Å². The second kappa shape index (κ2) is 7.88. The van der Waals surface area contributed by atoms with E-state index < -0.39 is 23.8 Å². The van der Waals surface area contributed by atoms with Gasteiger partial charge in [0.05, 0.1) is 11.6 Å². The van der Waals surface area contributed by atoms with Crippen LogP contribution in [0.4, 0.5) is 18.0 Å². The number of urea groups is 1. The van der Waals surface area contributed by atoms with E-state index in [1.165, 1.54) is 25.1 Å². The maximum atomic E-state index is 13.0. The zero-order valence-corrected chi connectivity index (χ0v) is 13.6. The largest absolute Gasteiger partial charge is 0.416 e. The highest BCUT2D eigenvalue weighted by Gasteiger charge is 2.34. The Balaban J connectivity index is 1.93. The van der Waals surface area contributed by atoms with E-state index in [0.29, 0.717) is 0 Å². The molecule has 2 rings (SSSR count). The van der Waals surface area contributed by atoms with Crippen LogP contribution in [-0.2, 0) is 6.18 Å². The predicted octanol–water partition coefficient (Wildman–Crippen LogP) is 3.62. The number of nitrogens with one attached hydrogen (secondary N) is 2. The van der Waals surface area contributed by atoms with Crippen molar-refractivity contribution in [2.45, 2.75) is 50.9 Å². The third kappa shape index (κ3) is 4.87. The van der Waals surface area contributed by atoms with E-state index in [2.05, 4.69) is 10.6 Å². The Morgan fingerprint density at radius 2 is 1.88 bits per heavy atom. The third-order valence-electron chi connectivity index (χ3n) is 4.52. The molecule has 1 aliphatic rings. The fourth-order valence-corrected chi connectivity index (χ4v) is 3.12.